The van der Waals surface area contributed by atoms with Gasteiger partial charge in [-0.15, -0.1) is 0 Å². The summed E-state index contributed by atoms with van der Waals surface area (Å²) in [6.07, 6.45) is 11.2. The van der Waals surface area contributed by atoms with E-state index < -0.39 is 0 Å². The van der Waals surface area contributed by atoms with Crippen molar-refractivity contribution >= 4 is 150 Å². The first kappa shape index (κ1) is 71.5. The molecule has 21 rings (SSSR count). The monoisotopic (exact) mass is 1480 g/mol. The van der Waals surface area contributed by atoms with Gasteiger partial charge in [0.05, 0.1) is 39.8 Å². The van der Waals surface area contributed by atoms with E-state index in [2.05, 4.69) is 365 Å². The third-order valence-electron chi connectivity index (χ3n) is 23.4. The Labute approximate surface area is 660 Å². The van der Waals surface area contributed by atoms with Crippen molar-refractivity contribution in [3.8, 4) is 0 Å². The van der Waals surface area contributed by atoms with Crippen LogP contribution in [0.3, 0.4) is 0 Å². The van der Waals surface area contributed by atoms with Crippen molar-refractivity contribution in [2.75, 3.05) is 46.2 Å². The molecule has 0 bridgehead atoms. The highest BCUT2D eigenvalue weighted by Gasteiger charge is 2.39. The Balaban J connectivity index is 0.000000105. The smallest absolute Gasteiger partial charge is 0.159 e. The van der Waals surface area contributed by atoms with Gasteiger partial charge in [0, 0.05) is 98.2 Å². The van der Waals surface area contributed by atoms with Gasteiger partial charge in [-0.1, -0.05) is 216 Å². The maximum Gasteiger partial charge on any atom is 0.159 e. The minimum absolute atomic E-state index is 0.113. The van der Waals surface area contributed by atoms with Gasteiger partial charge in [-0.3, -0.25) is 0 Å². The van der Waals surface area contributed by atoms with E-state index in [1.165, 1.54) is 83.4 Å². The van der Waals surface area contributed by atoms with Crippen molar-refractivity contribution in [1.82, 2.24) is 4.98 Å². The highest BCUT2D eigenvalue weighted by atomic mass is 16.3. The van der Waals surface area contributed by atoms with E-state index in [1.807, 2.05) is 60.8 Å². The number of para-hydroxylation sites is 9. The van der Waals surface area contributed by atoms with E-state index in [-0.39, 0.29) is 24.7 Å². The van der Waals surface area contributed by atoms with Crippen molar-refractivity contribution in [1.29, 1.82) is 0 Å². The fourth-order valence-electron chi connectivity index (χ4n) is 17.6. The lowest BCUT2D eigenvalue weighted by Gasteiger charge is -2.34. The molecule has 0 fully saturated rings. The fourth-order valence-corrected chi connectivity index (χ4v) is 17.6. The summed E-state index contributed by atoms with van der Waals surface area (Å²) < 4.78 is 25.4. The van der Waals surface area contributed by atoms with Gasteiger partial charge in [0.25, 0.3) is 0 Å². The van der Waals surface area contributed by atoms with E-state index in [4.69, 9.17) is 17.7 Å². The normalized spacial score (nSPS) is 16.5. The number of aromatic nitrogens is 1. The first-order valence-corrected chi connectivity index (χ1v) is 39.5. The van der Waals surface area contributed by atoms with Crippen LogP contribution in [0.2, 0.25) is 0 Å². The summed E-state index contributed by atoms with van der Waals surface area (Å²) in [6, 6.07) is 91.1. The molecule has 0 N–H and O–H groups in total. The Morgan fingerprint density at radius 1 is 0.283 bits per heavy atom. The molecule has 13 nitrogen and oxygen atoms in total. The summed E-state index contributed by atoms with van der Waals surface area (Å²) in [5, 5.41) is 9.30. The molecule has 0 aliphatic carbocycles. The molecule has 4 aliphatic heterocycles. The van der Waals surface area contributed by atoms with E-state index in [0.29, 0.717) is 11.8 Å². The van der Waals surface area contributed by atoms with Crippen molar-refractivity contribution in [3.05, 3.63) is 325 Å². The predicted molar refractivity (Wildman–Crippen MR) is 473 cm³/mol. The summed E-state index contributed by atoms with van der Waals surface area (Å²) in [5.74, 6) is 1.89. The third-order valence-corrected chi connectivity index (χ3v) is 23.4. The quantitative estimate of drug-likeness (QED) is 0.137. The molecule has 0 saturated carbocycles. The lowest BCUT2D eigenvalue weighted by Crippen LogP contribution is -2.37. The second kappa shape index (κ2) is 28.9. The zero-order valence-electron chi connectivity index (χ0n) is 66.3. The number of anilines is 11. The molecule has 0 spiro atoms. The van der Waals surface area contributed by atoms with E-state index in [0.717, 1.165) is 100 Å². The van der Waals surface area contributed by atoms with Gasteiger partial charge in [0.1, 0.15) is 47.0 Å². The van der Waals surface area contributed by atoms with Crippen LogP contribution in [0.4, 0.5) is 62.7 Å². The third kappa shape index (κ3) is 12.1. The van der Waals surface area contributed by atoms with Crippen molar-refractivity contribution < 1.29 is 17.7 Å². The van der Waals surface area contributed by atoms with Crippen LogP contribution in [0.15, 0.2) is 310 Å². The molecule has 0 radical (unpaired) electrons. The number of benzene rings is 12. The van der Waals surface area contributed by atoms with Crippen LogP contribution in [0.25, 0.3) is 87.8 Å². The summed E-state index contributed by atoms with van der Waals surface area (Å²) in [7, 11) is 2.11. The molecule has 4 unspecified atom stereocenters. The van der Waals surface area contributed by atoms with Gasteiger partial charge in [-0.25, -0.2) is 4.98 Å². The molecule has 9 heterocycles. The summed E-state index contributed by atoms with van der Waals surface area (Å²) >= 11 is 0. The van der Waals surface area contributed by atoms with Crippen molar-refractivity contribution in [3.63, 3.8) is 0 Å². The number of fused-ring (bicyclic) bond motifs is 14. The van der Waals surface area contributed by atoms with Gasteiger partial charge in [-0.2, -0.15) is 0 Å². The van der Waals surface area contributed by atoms with Crippen LogP contribution in [0, 0.1) is 27.7 Å². The zero-order valence-corrected chi connectivity index (χ0v) is 66.3. The molecule has 4 aliphatic rings. The second-order valence-corrected chi connectivity index (χ2v) is 30.9. The highest BCUT2D eigenvalue weighted by molar-refractivity contribution is 6.14. The molecule has 5 aromatic heterocycles. The number of furan rings is 4. The average Bonchev–Trinajstić information content (AvgIpc) is 1.58. The van der Waals surface area contributed by atoms with E-state index in [9.17, 15) is 0 Å². The topological polar surface area (TPSA) is 91.4 Å². The fraction of sp³-hybridized carbons (Fsp3) is 0.190. The lowest BCUT2D eigenvalue weighted by molar-refractivity contribution is 0.660. The number of rotatable bonds is 9. The molecule has 0 amide bonds. The lowest BCUT2D eigenvalue weighted by atomic mass is 9.92. The molecule has 13 heteroatoms. The number of pyridine rings is 1. The molecule has 0 saturated heterocycles. The molecule has 12 aromatic carbocycles. The molecular formula is C100H93N9O4. The van der Waals surface area contributed by atoms with Crippen LogP contribution in [0.5, 0.6) is 0 Å². The minimum atomic E-state index is 0.113. The largest absolute Gasteiger partial charge is 0.454 e. The Hall–Kier alpha value is -13.1. The molecular weight excluding hydrogens is 1390 g/mol. The van der Waals surface area contributed by atoms with Crippen molar-refractivity contribution in [2.45, 2.75) is 120 Å². The van der Waals surface area contributed by atoms with Gasteiger partial charge in [0.15, 0.2) is 28.1 Å². The Morgan fingerprint density at radius 2 is 0.628 bits per heavy atom. The van der Waals surface area contributed by atoms with E-state index >= 15 is 0 Å². The SMILES string of the molecule is Cc1ccc2c(oc3ccccc32)c1N1C=CN(c2c(C(C)C)cccc2C(C)C)C1C.Cc1ccc2c(oc3ccccc32)c1N1C=CN(c2ccccc2)C1C.Cc1ccc2c(oc3ccccc32)c1N1c2ccccc2N(c2ccccc2)C1C.Cc1ccc2c(oc3ccccc32)c1N1c2ncccc2N(C)C1C. The number of aryl methyl sites for hydroxylation is 4. The maximum absolute atomic E-state index is 6.42. The minimum Gasteiger partial charge on any atom is -0.454 e. The first-order valence-electron chi connectivity index (χ1n) is 39.5. The molecule has 562 valence electrons. The highest BCUT2D eigenvalue weighted by Crippen LogP contribution is 2.53. The first-order chi connectivity index (χ1) is 55.0. The molecule has 17 aromatic rings. The van der Waals surface area contributed by atoms with Crippen LogP contribution in [-0.4, -0.2) is 36.7 Å². The number of nitrogens with zero attached hydrogens (tertiary/aromatic N) is 9. The van der Waals surface area contributed by atoms with Gasteiger partial charge >= 0.3 is 0 Å². The second-order valence-electron chi connectivity index (χ2n) is 30.9. The Morgan fingerprint density at radius 3 is 1.07 bits per heavy atom. The number of hydrogen-bond acceptors (Lipinski definition) is 13. The van der Waals surface area contributed by atoms with Crippen LogP contribution >= 0.6 is 0 Å². The zero-order chi connectivity index (χ0) is 77.6. The molecule has 113 heavy (non-hydrogen) atoms. The van der Waals surface area contributed by atoms with Gasteiger partial charge < -0.3 is 56.9 Å². The average molecular weight is 1480 g/mol. The Bertz CT molecular complexity index is 6500. The maximum atomic E-state index is 6.42. The molecule has 4 atom stereocenters. The van der Waals surface area contributed by atoms with E-state index in [1.54, 1.807) is 0 Å². The summed E-state index contributed by atoms with van der Waals surface area (Å²) in [6.45, 7) is 26.7. The van der Waals surface area contributed by atoms with Gasteiger partial charge in [0.2, 0.25) is 0 Å². The number of hydrogen-bond donors (Lipinski definition) is 0. The van der Waals surface area contributed by atoms with Crippen LogP contribution in [-0.2, 0) is 0 Å². The standard InChI is InChI=1S/C29H32N2O.C27H22N2O.C23H20N2O.C21H19N3O/c1-18(2)22-11-9-12-23(19(3)4)28(22)31-17-16-30(21(31)6)27-20(5)14-15-25-24-10-7-8-13-26(24)32-29(25)27;1-18-16-17-22-21-12-6-9-15-25(21)30-27(22)26(18)29-19(2)28(20-10-4-3-5-11-20)23-13-7-8-14-24(23)29;1-16-12-13-20-19-10-6-7-11-21(19)26-23(20)22(16)25-15-14-24(17(25)2)18-8-4-3-5-9-18;1-13-10-11-16-15-7-4-5-9-18(15)25-20(16)19(13)24-14(2)23(3)17-8-6-12-22-21(17)24/h7-19,21H,1-6H3;3-17,19H,1-2H3;3-15,17H,1-2H3;4-12,14H,1-3H3. The summed E-state index contributed by atoms with van der Waals surface area (Å²) in [5.41, 5.74) is 27.0. The van der Waals surface area contributed by atoms with Gasteiger partial charge in [-0.05, 0) is 173 Å². The van der Waals surface area contributed by atoms with Crippen LogP contribution < -0.4 is 39.2 Å². The summed E-state index contributed by atoms with van der Waals surface area (Å²) in [4.78, 5) is 23.4. The van der Waals surface area contributed by atoms with Crippen LogP contribution in [0.1, 0.15) is 101 Å². The van der Waals surface area contributed by atoms with Crippen molar-refractivity contribution in [2.24, 2.45) is 0 Å². The Kier molecular flexibility index (Phi) is 18.3. The predicted octanol–water partition coefficient (Wildman–Crippen LogP) is 27.1.